The van der Waals surface area contributed by atoms with Crippen LogP contribution in [0.4, 0.5) is 5.69 Å². The number of nitrogens with one attached hydrogen (secondary N) is 1. The van der Waals surface area contributed by atoms with Crippen molar-refractivity contribution in [2.45, 2.75) is 39.2 Å². The fourth-order valence-corrected chi connectivity index (χ4v) is 5.45. The van der Waals surface area contributed by atoms with Gasteiger partial charge < -0.3 is 15.0 Å². The monoisotopic (exact) mass is 467 g/mol. The Hall–Kier alpha value is -2.84. The van der Waals surface area contributed by atoms with Crippen molar-refractivity contribution in [1.29, 1.82) is 0 Å². The van der Waals surface area contributed by atoms with Crippen LogP contribution >= 0.6 is 23.1 Å². The number of carbonyl (C=O) groups excluding carboxylic acids is 2. The van der Waals surface area contributed by atoms with E-state index in [1.54, 1.807) is 11.3 Å². The van der Waals surface area contributed by atoms with E-state index in [1.807, 2.05) is 58.3 Å². The van der Waals surface area contributed by atoms with Crippen molar-refractivity contribution in [3.63, 3.8) is 0 Å². The van der Waals surface area contributed by atoms with E-state index in [-0.39, 0.29) is 18.4 Å². The van der Waals surface area contributed by atoms with Gasteiger partial charge in [-0.3, -0.25) is 4.79 Å². The number of esters is 1. The van der Waals surface area contributed by atoms with E-state index in [0.29, 0.717) is 17.2 Å². The molecule has 32 heavy (non-hydrogen) atoms. The molecule has 0 bridgehead atoms. The van der Waals surface area contributed by atoms with Crippen molar-refractivity contribution < 1.29 is 14.3 Å². The van der Waals surface area contributed by atoms with E-state index in [2.05, 4.69) is 24.2 Å². The molecule has 2 aromatic rings. The van der Waals surface area contributed by atoms with Gasteiger partial charge in [0.25, 0.3) is 0 Å². The van der Waals surface area contributed by atoms with Gasteiger partial charge in [-0.25, -0.2) is 9.79 Å². The van der Waals surface area contributed by atoms with Crippen LogP contribution in [0.15, 0.2) is 68.5 Å². The predicted molar refractivity (Wildman–Crippen MR) is 131 cm³/mol. The number of hydrogen-bond donors (Lipinski definition) is 1. The first-order valence-electron chi connectivity index (χ1n) is 10.3. The van der Waals surface area contributed by atoms with E-state index in [9.17, 15) is 9.59 Å². The smallest absolute Gasteiger partial charge is 0.338 e. The zero-order valence-corrected chi connectivity index (χ0v) is 20.0. The maximum Gasteiger partial charge on any atom is 0.338 e. The van der Waals surface area contributed by atoms with Gasteiger partial charge in [0.1, 0.15) is 0 Å². The van der Waals surface area contributed by atoms with Crippen LogP contribution in [0.3, 0.4) is 0 Å². The second kappa shape index (κ2) is 9.34. The second-order valence-electron chi connectivity index (χ2n) is 7.94. The lowest BCUT2D eigenvalue weighted by Gasteiger charge is -2.35. The summed E-state index contributed by atoms with van der Waals surface area (Å²) in [6, 6.07) is 9.53. The number of amidine groups is 1. The number of benzene rings is 1. The minimum absolute atomic E-state index is 0.120. The molecule has 1 amide bonds. The molecular weight excluding hydrogens is 442 g/mol. The Kier molecular flexibility index (Phi) is 6.53. The summed E-state index contributed by atoms with van der Waals surface area (Å²) in [7, 11) is 1.38. The van der Waals surface area contributed by atoms with E-state index >= 15 is 0 Å². The minimum atomic E-state index is -0.410. The summed E-state index contributed by atoms with van der Waals surface area (Å²) in [5, 5.41) is 9.67. The second-order valence-corrected chi connectivity index (χ2v) is 9.56. The molecule has 0 radical (unpaired) electrons. The highest BCUT2D eigenvalue weighted by molar-refractivity contribution is 8.16. The largest absolute Gasteiger partial charge is 0.466 e. The average molecular weight is 468 g/mol. The van der Waals surface area contributed by atoms with Crippen molar-refractivity contribution in [2.75, 3.05) is 12.4 Å². The van der Waals surface area contributed by atoms with Crippen LogP contribution in [0.25, 0.3) is 0 Å². The topological polar surface area (TPSA) is 71.0 Å². The fourth-order valence-electron chi connectivity index (χ4n) is 3.81. The van der Waals surface area contributed by atoms with Gasteiger partial charge >= 0.3 is 5.97 Å². The van der Waals surface area contributed by atoms with E-state index < -0.39 is 5.97 Å². The fraction of sp³-hybridized carbons (Fsp3) is 0.292. The number of thiophene rings is 1. The molecule has 1 aromatic heterocycles. The van der Waals surface area contributed by atoms with Crippen LogP contribution in [-0.4, -0.2) is 29.1 Å². The molecule has 8 heteroatoms. The van der Waals surface area contributed by atoms with Crippen LogP contribution in [0, 0.1) is 0 Å². The van der Waals surface area contributed by atoms with Gasteiger partial charge in [0.15, 0.2) is 5.17 Å². The first kappa shape index (κ1) is 22.4. The Labute approximate surface area is 196 Å². The molecule has 2 aliphatic heterocycles. The third-order valence-corrected chi connectivity index (χ3v) is 7.06. The maximum atomic E-state index is 12.9. The molecule has 0 saturated carbocycles. The zero-order valence-electron chi connectivity index (χ0n) is 18.4. The average Bonchev–Trinajstić information content (AvgIpc) is 3.43. The number of anilines is 1. The lowest BCUT2D eigenvalue weighted by molar-refractivity contribution is -0.136. The molecule has 3 heterocycles. The highest BCUT2D eigenvalue weighted by Gasteiger charge is 2.41. The van der Waals surface area contributed by atoms with Gasteiger partial charge in [-0.15, -0.1) is 0 Å². The number of rotatable bonds is 6. The third kappa shape index (κ3) is 4.38. The van der Waals surface area contributed by atoms with Gasteiger partial charge in [0, 0.05) is 11.4 Å². The van der Waals surface area contributed by atoms with E-state index in [1.165, 1.54) is 24.4 Å². The van der Waals surface area contributed by atoms with Crippen molar-refractivity contribution in [3.05, 3.63) is 74.6 Å². The van der Waals surface area contributed by atoms with E-state index in [4.69, 9.17) is 4.74 Å². The maximum absolute atomic E-state index is 12.9. The molecule has 1 aromatic carbocycles. The van der Waals surface area contributed by atoms with Gasteiger partial charge in [-0.2, -0.15) is 11.3 Å². The molecule has 1 atom stereocenters. The van der Waals surface area contributed by atoms with Crippen molar-refractivity contribution in [2.24, 2.45) is 4.99 Å². The van der Waals surface area contributed by atoms with Crippen LogP contribution in [0.1, 0.15) is 50.3 Å². The summed E-state index contributed by atoms with van der Waals surface area (Å²) in [6.07, 6.45) is 0.173. The van der Waals surface area contributed by atoms with Crippen LogP contribution < -0.4 is 5.32 Å². The van der Waals surface area contributed by atoms with Crippen molar-refractivity contribution in [1.82, 2.24) is 4.90 Å². The highest BCUT2D eigenvalue weighted by Crippen LogP contribution is 2.45. The number of aliphatic imine (C=N–C) groups is 1. The predicted octanol–water partition coefficient (Wildman–Crippen LogP) is 5.65. The first-order chi connectivity index (χ1) is 15.4. The molecule has 0 saturated heterocycles. The molecule has 0 fully saturated rings. The standard InChI is InChI=1S/C24H25N3O3S2/c1-14(2)16-5-7-18(8-6-16)26-20(28)11-19-13-32-24-25-15(3)21(23(29)30-4)22(27(19)24)17-9-10-31-12-17/h5-10,12-14,22H,11H2,1-4H3,(H,26,28)/t22-/m0/s1. The Morgan fingerprint density at radius 1 is 1.22 bits per heavy atom. The molecule has 0 spiro atoms. The van der Waals surface area contributed by atoms with Gasteiger partial charge in [-0.1, -0.05) is 37.7 Å². The highest BCUT2D eigenvalue weighted by atomic mass is 32.2. The van der Waals surface area contributed by atoms with Crippen LogP contribution in [-0.2, 0) is 14.3 Å². The van der Waals surface area contributed by atoms with Crippen molar-refractivity contribution >= 4 is 45.8 Å². The number of hydrogen-bond acceptors (Lipinski definition) is 7. The SMILES string of the molecule is COC(=O)C1=C(C)N=C2SC=C(CC(=O)Nc3ccc(C(C)C)cc3)N2[C@H]1c1ccsc1. The summed E-state index contributed by atoms with van der Waals surface area (Å²) in [4.78, 5) is 32.1. The molecular formula is C24H25N3O3S2. The molecule has 1 N–H and O–H groups in total. The van der Waals surface area contributed by atoms with Gasteiger partial charge in [0.05, 0.1) is 30.8 Å². The summed E-state index contributed by atoms with van der Waals surface area (Å²) < 4.78 is 5.06. The number of carbonyl (C=O) groups is 2. The summed E-state index contributed by atoms with van der Waals surface area (Å²) >= 11 is 3.03. The normalized spacial score (nSPS) is 17.8. The number of thioether (sulfide) groups is 1. The molecule has 0 unspecified atom stereocenters. The van der Waals surface area contributed by atoms with Crippen LogP contribution in [0.2, 0.25) is 0 Å². The summed E-state index contributed by atoms with van der Waals surface area (Å²) in [5.41, 5.74) is 4.89. The Morgan fingerprint density at radius 2 is 1.97 bits per heavy atom. The minimum Gasteiger partial charge on any atom is -0.466 e. The van der Waals surface area contributed by atoms with Crippen LogP contribution in [0.5, 0.6) is 0 Å². The zero-order chi connectivity index (χ0) is 22.8. The molecule has 6 nitrogen and oxygen atoms in total. The number of methoxy groups -OCH3 is 1. The Bertz CT molecular complexity index is 1120. The summed E-state index contributed by atoms with van der Waals surface area (Å²) in [6.45, 7) is 6.10. The summed E-state index contributed by atoms with van der Waals surface area (Å²) in [5.74, 6) is -0.0930. The molecule has 4 rings (SSSR count). The van der Waals surface area contributed by atoms with Gasteiger partial charge in [-0.05, 0) is 58.3 Å². The Morgan fingerprint density at radius 3 is 2.59 bits per heavy atom. The number of fused-ring (bicyclic) bond motifs is 1. The number of nitrogens with zero attached hydrogens (tertiary/aromatic N) is 2. The lowest BCUT2D eigenvalue weighted by atomic mass is 9.96. The number of ether oxygens (including phenoxy) is 1. The Balaban J connectivity index is 1.57. The van der Waals surface area contributed by atoms with Crippen molar-refractivity contribution in [3.8, 4) is 0 Å². The first-order valence-corrected chi connectivity index (χ1v) is 12.2. The third-order valence-electron chi connectivity index (χ3n) is 5.47. The lowest BCUT2D eigenvalue weighted by Crippen LogP contribution is -2.37. The quantitative estimate of drug-likeness (QED) is 0.556. The molecule has 166 valence electrons. The molecule has 0 aliphatic carbocycles. The van der Waals surface area contributed by atoms with E-state index in [0.717, 1.165) is 22.1 Å². The number of amides is 1. The number of allylic oxidation sites excluding steroid dienone is 1. The molecule has 2 aliphatic rings. The van der Waals surface area contributed by atoms with Gasteiger partial charge in [0.2, 0.25) is 5.91 Å².